The van der Waals surface area contributed by atoms with Crippen molar-refractivity contribution in [1.29, 1.82) is 0 Å². The quantitative estimate of drug-likeness (QED) is 0.826. The first-order valence-electron chi connectivity index (χ1n) is 7.31. The Morgan fingerprint density at radius 2 is 1.50 bits per heavy atom. The van der Waals surface area contributed by atoms with E-state index in [2.05, 4.69) is 9.62 Å². The fraction of sp³-hybridized carbons (Fsp3) is 0.571. The molecule has 0 spiro atoms. The van der Waals surface area contributed by atoms with Crippen LogP contribution in [0.15, 0.2) is 34.1 Å². The van der Waals surface area contributed by atoms with Crippen molar-refractivity contribution < 1.29 is 16.8 Å². The van der Waals surface area contributed by atoms with Crippen molar-refractivity contribution in [2.24, 2.45) is 0 Å². The molecule has 1 saturated heterocycles. The molecule has 0 unspecified atom stereocenters. The lowest BCUT2D eigenvalue weighted by Gasteiger charge is -2.26. The molecule has 0 amide bonds. The Morgan fingerprint density at radius 1 is 0.955 bits per heavy atom. The zero-order valence-electron chi connectivity index (χ0n) is 12.7. The Hall–Kier alpha value is -0.960. The van der Waals surface area contributed by atoms with Crippen LogP contribution in [0.4, 0.5) is 0 Å². The van der Waals surface area contributed by atoms with E-state index in [4.69, 9.17) is 0 Å². The molecule has 1 aromatic carbocycles. The maximum absolute atomic E-state index is 12.2. The number of benzene rings is 1. The molecule has 22 heavy (non-hydrogen) atoms. The second-order valence-corrected chi connectivity index (χ2v) is 9.33. The molecule has 0 aliphatic carbocycles. The van der Waals surface area contributed by atoms with Crippen molar-refractivity contribution in [3.05, 3.63) is 24.3 Å². The standard InChI is InChI=1S/C14H22N2O4S2/c1-21(17,18)13-5-7-14(8-6-13)22(19,20)15-9-12-16-10-3-2-4-11-16/h5-8,15H,2-4,9-12H2,1H3. The molecular weight excluding hydrogens is 324 g/mol. The molecule has 1 aliphatic rings. The number of likely N-dealkylation sites (tertiary alicyclic amines) is 1. The second-order valence-electron chi connectivity index (χ2n) is 5.54. The fourth-order valence-corrected chi connectivity index (χ4v) is 4.12. The molecule has 0 aromatic heterocycles. The summed E-state index contributed by atoms with van der Waals surface area (Å²) in [5, 5.41) is 0. The Bertz CT molecular complexity index is 691. The first-order chi connectivity index (χ1) is 10.3. The molecule has 8 heteroatoms. The summed E-state index contributed by atoms with van der Waals surface area (Å²) in [6.07, 6.45) is 4.67. The monoisotopic (exact) mass is 346 g/mol. The van der Waals surface area contributed by atoms with Crippen LogP contribution in [0.5, 0.6) is 0 Å². The van der Waals surface area contributed by atoms with Crippen molar-refractivity contribution >= 4 is 19.9 Å². The Morgan fingerprint density at radius 3 is 2.05 bits per heavy atom. The summed E-state index contributed by atoms with van der Waals surface area (Å²) in [7, 11) is -6.91. The Labute approximate surface area is 132 Å². The Balaban J connectivity index is 1.95. The van der Waals surface area contributed by atoms with E-state index >= 15 is 0 Å². The lowest BCUT2D eigenvalue weighted by atomic mass is 10.1. The molecule has 0 atom stereocenters. The molecule has 1 fully saturated rings. The first-order valence-corrected chi connectivity index (χ1v) is 10.7. The van der Waals surface area contributed by atoms with Crippen molar-refractivity contribution in [2.75, 3.05) is 32.4 Å². The molecule has 124 valence electrons. The predicted molar refractivity (Wildman–Crippen MR) is 85.0 cm³/mol. The molecule has 1 N–H and O–H groups in total. The van der Waals surface area contributed by atoms with Crippen molar-refractivity contribution in [3.63, 3.8) is 0 Å². The number of rotatable bonds is 6. The number of hydrogen-bond donors (Lipinski definition) is 1. The van der Waals surface area contributed by atoms with Crippen LogP contribution in [0.3, 0.4) is 0 Å². The summed E-state index contributed by atoms with van der Waals surface area (Å²) in [5.74, 6) is 0. The lowest BCUT2D eigenvalue weighted by molar-refractivity contribution is 0.233. The second kappa shape index (κ2) is 7.08. The molecule has 1 aromatic rings. The largest absolute Gasteiger partial charge is 0.302 e. The van der Waals surface area contributed by atoms with E-state index < -0.39 is 19.9 Å². The van der Waals surface area contributed by atoms with E-state index in [1.54, 1.807) is 0 Å². The van der Waals surface area contributed by atoms with Gasteiger partial charge in [-0.15, -0.1) is 0 Å². The number of nitrogens with one attached hydrogen (secondary N) is 1. The molecular formula is C14H22N2O4S2. The van der Waals surface area contributed by atoms with E-state index in [0.717, 1.165) is 19.3 Å². The van der Waals surface area contributed by atoms with Gasteiger partial charge in [0.2, 0.25) is 10.0 Å². The van der Waals surface area contributed by atoms with Gasteiger partial charge >= 0.3 is 0 Å². The zero-order chi connectivity index (χ0) is 16.2. The van der Waals surface area contributed by atoms with E-state index in [1.165, 1.54) is 43.5 Å². The van der Waals surface area contributed by atoms with Crippen LogP contribution in [0, 0.1) is 0 Å². The third kappa shape index (κ3) is 4.77. The fourth-order valence-electron chi connectivity index (χ4n) is 2.47. The highest BCUT2D eigenvalue weighted by molar-refractivity contribution is 7.90. The van der Waals surface area contributed by atoms with Crippen molar-refractivity contribution in [2.45, 2.75) is 29.1 Å². The van der Waals surface area contributed by atoms with Gasteiger partial charge in [0, 0.05) is 19.3 Å². The highest BCUT2D eigenvalue weighted by Gasteiger charge is 2.16. The molecule has 0 radical (unpaired) electrons. The van der Waals surface area contributed by atoms with Gasteiger partial charge in [0.25, 0.3) is 0 Å². The average Bonchev–Trinajstić information content (AvgIpc) is 2.47. The minimum absolute atomic E-state index is 0.0820. The molecule has 1 heterocycles. The van der Waals surface area contributed by atoms with Crippen LogP contribution in [0.1, 0.15) is 19.3 Å². The molecule has 0 bridgehead atoms. The lowest BCUT2D eigenvalue weighted by Crippen LogP contribution is -2.37. The minimum Gasteiger partial charge on any atom is -0.302 e. The highest BCUT2D eigenvalue weighted by Crippen LogP contribution is 2.14. The predicted octanol–water partition coefficient (Wildman–Crippen LogP) is 0.854. The average molecular weight is 346 g/mol. The highest BCUT2D eigenvalue weighted by atomic mass is 32.2. The van der Waals surface area contributed by atoms with Gasteiger partial charge in [-0.05, 0) is 50.2 Å². The Kier molecular flexibility index (Phi) is 5.60. The third-order valence-corrected chi connectivity index (χ3v) is 6.34. The number of nitrogens with zero attached hydrogens (tertiary/aromatic N) is 1. The minimum atomic E-state index is -3.59. The van der Waals surface area contributed by atoms with Gasteiger partial charge in [-0.3, -0.25) is 0 Å². The van der Waals surface area contributed by atoms with Gasteiger partial charge < -0.3 is 4.90 Å². The van der Waals surface area contributed by atoms with Gasteiger partial charge in [0.05, 0.1) is 9.79 Å². The van der Waals surface area contributed by atoms with Crippen LogP contribution in [0.2, 0.25) is 0 Å². The van der Waals surface area contributed by atoms with Crippen LogP contribution in [-0.4, -0.2) is 54.2 Å². The molecule has 0 saturated carbocycles. The van der Waals surface area contributed by atoms with Crippen molar-refractivity contribution in [3.8, 4) is 0 Å². The number of hydrogen-bond acceptors (Lipinski definition) is 5. The summed E-state index contributed by atoms with van der Waals surface area (Å²) < 4.78 is 49.6. The maximum atomic E-state index is 12.2. The van der Waals surface area contributed by atoms with E-state index in [1.807, 2.05) is 0 Å². The van der Waals surface area contributed by atoms with Crippen LogP contribution >= 0.6 is 0 Å². The zero-order valence-corrected chi connectivity index (χ0v) is 14.3. The molecule has 1 aliphatic heterocycles. The van der Waals surface area contributed by atoms with Gasteiger partial charge in [0.15, 0.2) is 9.84 Å². The van der Waals surface area contributed by atoms with Gasteiger partial charge in [-0.1, -0.05) is 6.42 Å². The van der Waals surface area contributed by atoms with Crippen LogP contribution in [-0.2, 0) is 19.9 Å². The van der Waals surface area contributed by atoms with Crippen LogP contribution < -0.4 is 4.72 Å². The van der Waals surface area contributed by atoms with Gasteiger partial charge in [-0.2, -0.15) is 0 Å². The summed E-state index contributed by atoms with van der Waals surface area (Å²) in [4.78, 5) is 2.44. The number of sulfone groups is 1. The summed E-state index contributed by atoms with van der Waals surface area (Å²) in [5.41, 5.74) is 0. The van der Waals surface area contributed by atoms with Gasteiger partial charge in [0.1, 0.15) is 0 Å². The summed E-state index contributed by atoms with van der Waals surface area (Å²) in [6, 6.07) is 5.27. The van der Waals surface area contributed by atoms with E-state index in [-0.39, 0.29) is 9.79 Å². The summed E-state index contributed by atoms with van der Waals surface area (Å²) >= 11 is 0. The van der Waals surface area contributed by atoms with Gasteiger partial charge in [-0.25, -0.2) is 21.6 Å². The maximum Gasteiger partial charge on any atom is 0.240 e. The number of piperidine rings is 1. The first kappa shape index (κ1) is 17.4. The molecule has 6 nitrogen and oxygen atoms in total. The van der Waals surface area contributed by atoms with Crippen molar-refractivity contribution in [1.82, 2.24) is 9.62 Å². The van der Waals surface area contributed by atoms with Crippen LogP contribution in [0.25, 0.3) is 0 Å². The summed E-state index contributed by atoms with van der Waals surface area (Å²) in [6.45, 7) is 3.09. The topological polar surface area (TPSA) is 83.5 Å². The normalized spacial score (nSPS) is 17.5. The number of sulfonamides is 1. The molecule has 2 rings (SSSR count). The van der Waals surface area contributed by atoms with E-state index in [9.17, 15) is 16.8 Å². The SMILES string of the molecule is CS(=O)(=O)c1ccc(S(=O)(=O)NCCN2CCCCC2)cc1. The van der Waals surface area contributed by atoms with E-state index in [0.29, 0.717) is 13.1 Å². The third-order valence-electron chi connectivity index (χ3n) is 3.73. The smallest absolute Gasteiger partial charge is 0.240 e.